The summed E-state index contributed by atoms with van der Waals surface area (Å²) in [6.45, 7) is 1.22. The number of hydrogen-bond donors (Lipinski definition) is 0. The van der Waals surface area contributed by atoms with Crippen LogP contribution in [0.15, 0.2) is 107 Å². The fourth-order valence-electron chi connectivity index (χ4n) is 6.09. The van der Waals surface area contributed by atoms with Crippen molar-refractivity contribution in [1.82, 2.24) is 6.58 Å². The molecule has 1 heterocycles. The first kappa shape index (κ1) is 40.6. The third-order valence-corrected chi connectivity index (χ3v) is 17.3. The minimum atomic E-state index is -5.61. The van der Waals surface area contributed by atoms with Crippen molar-refractivity contribution in [2.45, 2.75) is 58.8 Å². The monoisotopic (exact) mass is 818 g/mol. The molecular weight excluding hydrogens is 795 g/mol. The summed E-state index contributed by atoms with van der Waals surface area (Å²) in [5.74, 6) is 0. The van der Waals surface area contributed by atoms with Crippen molar-refractivity contribution in [1.29, 1.82) is 0 Å². The smallest absolute Gasteiger partial charge is 0.253 e. The highest BCUT2D eigenvalue weighted by Crippen LogP contribution is 2.52. The van der Waals surface area contributed by atoms with E-state index in [-0.39, 0.29) is 47.5 Å². The Hall–Kier alpha value is -3.61. The van der Waals surface area contributed by atoms with Gasteiger partial charge in [-0.3, -0.25) is 6.58 Å². The van der Waals surface area contributed by atoms with Crippen LogP contribution in [0.25, 0.3) is 0 Å². The van der Waals surface area contributed by atoms with Crippen LogP contribution in [0.2, 0.25) is 5.28 Å². The standard InChI is InChI=1S/C30H18F12N2O4S2.C2H5.Al/c31-27(32,33)19-11-20(28(34,35)36)14-23(13-19)49(45,46)43-25(17-7-3-1-4-8-17)26(18-9-5-2-6-10-18)44-50(47,48)24-15-21(29(37,38)39)12-22(16-24)30(40,41)42;1-2;/h1-16,25-26H;1H2,2H3;/q-2;;+2/t25-,26-;;/m1../s1. The molecule has 1 aliphatic heterocycles. The van der Waals surface area contributed by atoms with Gasteiger partial charge >= 0.3 is 39.3 Å². The molecule has 6 nitrogen and oxygen atoms in total. The van der Waals surface area contributed by atoms with Gasteiger partial charge in [0, 0.05) is 12.1 Å². The summed E-state index contributed by atoms with van der Waals surface area (Å²) >= 11 is -4.20. The number of alkyl halides is 12. The maximum Gasteiger partial charge on any atom is 0.520 e. The Balaban J connectivity index is 1.88. The number of hydrogen-bond acceptors (Lipinski definition) is 4. The second kappa shape index (κ2) is 13.9. The van der Waals surface area contributed by atoms with Gasteiger partial charge in [0.05, 0.1) is 32.0 Å². The molecule has 4 aromatic rings. The average molecular weight is 819 g/mol. The van der Waals surface area contributed by atoms with Crippen LogP contribution in [0, 0.1) is 0 Å². The van der Waals surface area contributed by atoms with E-state index in [0.29, 0.717) is 6.58 Å². The van der Waals surface area contributed by atoms with E-state index in [9.17, 15) is 69.5 Å². The van der Waals surface area contributed by atoms with Crippen LogP contribution in [-0.2, 0) is 44.8 Å². The van der Waals surface area contributed by atoms with Crippen molar-refractivity contribution in [2.75, 3.05) is 0 Å². The summed E-state index contributed by atoms with van der Waals surface area (Å²) in [6, 6.07) is 8.94. The first-order valence-corrected chi connectivity index (χ1v) is 19.8. The molecule has 5 rings (SSSR count). The van der Waals surface area contributed by atoms with Gasteiger partial charge in [0.25, 0.3) is 0 Å². The number of rotatable bonds is 7. The number of benzene rings is 4. The Kier molecular flexibility index (Phi) is 10.6. The lowest BCUT2D eigenvalue weighted by atomic mass is 9.95. The van der Waals surface area contributed by atoms with Gasteiger partial charge < -0.3 is 0 Å². The van der Waals surface area contributed by atoms with Crippen molar-refractivity contribution >= 4 is 34.6 Å². The van der Waals surface area contributed by atoms with Crippen LogP contribution in [0.1, 0.15) is 52.4 Å². The largest absolute Gasteiger partial charge is 0.520 e. The van der Waals surface area contributed by atoms with E-state index in [4.69, 9.17) is 0 Å². The van der Waals surface area contributed by atoms with Crippen LogP contribution in [-0.4, -0.2) is 38.0 Å². The fourth-order valence-corrected chi connectivity index (χ4v) is 16.1. The van der Waals surface area contributed by atoms with Crippen molar-refractivity contribution < 1.29 is 69.5 Å². The second-order valence-corrected chi connectivity index (χ2v) is 19.1. The van der Waals surface area contributed by atoms with Gasteiger partial charge in [0.1, 0.15) is 0 Å². The van der Waals surface area contributed by atoms with Crippen LogP contribution < -0.4 is 0 Å². The number of halogens is 12. The van der Waals surface area contributed by atoms with Crippen LogP contribution in [0.4, 0.5) is 52.7 Å². The van der Waals surface area contributed by atoms with Crippen molar-refractivity contribution in [3.8, 4) is 0 Å². The Morgan fingerprint density at radius 2 is 0.755 bits per heavy atom. The Morgan fingerprint density at radius 3 is 0.981 bits per heavy atom. The maximum absolute atomic E-state index is 14.6. The van der Waals surface area contributed by atoms with E-state index in [1.54, 1.807) is 0 Å². The molecule has 1 fully saturated rings. The Morgan fingerprint density at radius 1 is 0.491 bits per heavy atom. The minimum Gasteiger partial charge on any atom is -0.253 e. The zero-order valence-corrected chi connectivity index (χ0v) is 29.3. The minimum absolute atomic E-state index is 0.0448. The molecule has 4 aromatic carbocycles. The molecule has 0 N–H and O–H groups in total. The van der Waals surface area contributed by atoms with E-state index in [0.717, 1.165) is 0 Å². The molecule has 0 bridgehead atoms. The lowest BCUT2D eigenvalue weighted by molar-refractivity contribution is -0.145. The lowest BCUT2D eigenvalue weighted by Crippen LogP contribution is -2.48. The zero-order valence-electron chi connectivity index (χ0n) is 26.6. The molecule has 284 valence electrons. The molecule has 0 radical (unpaired) electrons. The maximum atomic E-state index is 14.6. The van der Waals surface area contributed by atoms with Crippen molar-refractivity contribution in [3.63, 3.8) is 0 Å². The number of sulfonamides is 2. The molecule has 1 saturated heterocycles. The van der Waals surface area contributed by atoms with Gasteiger partial charge in [-0.25, -0.2) is 16.8 Å². The summed E-state index contributed by atoms with van der Waals surface area (Å²) in [6.07, 6.45) is -22.0. The quantitative estimate of drug-likeness (QED) is 0.138. The normalized spacial score (nSPS) is 18.5. The van der Waals surface area contributed by atoms with Crippen LogP contribution in [0.5, 0.6) is 0 Å². The first-order chi connectivity index (χ1) is 24.3. The molecule has 0 amide bonds. The molecule has 0 spiro atoms. The van der Waals surface area contributed by atoms with Crippen LogP contribution in [0.3, 0.4) is 0 Å². The fraction of sp³-hybridized carbons (Fsp3) is 0.250. The summed E-state index contributed by atoms with van der Waals surface area (Å²) in [5.41, 5.74) is -8.13. The average Bonchev–Trinajstić information content (AvgIpc) is 3.44. The molecule has 21 heteroatoms. The second-order valence-electron chi connectivity index (χ2n) is 11.8. The van der Waals surface area contributed by atoms with Crippen molar-refractivity contribution in [3.05, 3.63) is 130 Å². The summed E-state index contributed by atoms with van der Waals surface area (Å²) in [5, 5.41) is -0.513. The summed E-state index contributed by atoms with van der Waals surface area (Å²) < 4.78 is 226. The summed E-state index contributed by atoms with van der Waals surface area (Å²) in [7, 11) is -11.2. The summed E-state index contributed by atoms with van der Waals surface area (Å²) in [4.78, 5) is -3.06. The molecule has 0 unspecified atom stereocenters. The lowest BCUT2D eigenvalue weighted by Gasteiger charge is -2.32. The van der Waals surface area contributed by atoms with E-state index in [1.807, 2.05) is 0 Å². The molecule has 0 aromatic heterocycles. The number of nitrogens with zero attached hydrogens (tertiary/aromatic N) is 2. The van der Waals surface area contributed by atoms with Crippen molar-refractivity contribution in [2.24, 2.45) is 0 Å². The van der Waals surface area contributed by atoms with E-state index in [1.165, 1.54) is 67.6 Å². The predicted octanol–water partition coefficient (Wildman–Crippen LogP) is 9.45. The van der Waals surface area contributed by atoms with Gasteiger partial charge in [0.2, 0.25) is 20.0 Å². The zero-order chi connectivity index (χ0) is 39.5. The molecule has 1 aliphatic rings. The van der Waals surface area contributed by atoms with E-state index < -0.39 is 109 Å². The van der Waals surface area contributed by atoms with Gasteiger partial charge in [0.15, 0.2) is 0 Å². The first-order valence-electron chi connectivity index (χ1n) is 15.1. The molecule has 2 atom stereocenters. The van der Waals surface area contributed by atoms with Gasteiger partial charge in [-0.15, -0.1) is 0 Å². The van der Waals surface area contributed by atoms with Gasteiger partial charge in [-0.2, -0.15) is 52.7 Å². The molecular formula is C32H23AlF12N2O4S2. The predicted molar refractivity (Wildman–Crippen MR) is 166 cm³/mol. The third kappa shape index (κ3) is 7.96. The topological polar surface area (TPSA) is 74.8 Å². The molecule has 53 heavy (non-hydrogen) atoms. The Labute approximate surface area is 299 Å². The molecule has 0 aliphatic carbocycles. The highest BCUT2D eigenvalue weighted by molar-refractivity contribution is 7.92. The highest BCUT2D eigenvalue weighted by atomic mass is 32.2. The van der Waals surface area contributed by atoms with Gasteiger partial charge in [-0.05, 0) is 47.5 Å². The van der Waals surface area contributed by atoms with E-state index >= 15 is 0 Å². The highest BCUT2D eigenvalue weighted by Gasteiger charge is 2.61. The molecule has 0 saturated carbocycles. The Bertz CT molecular complexity index is 1980. The van der Waals surface area contributed by atoms with Gasteiger partial charge in [-0.1, -0.05) is 72.9 Å². The SMILES string of the molecule is C[CH2][Al]1[N](S(=O)(=O)c2cc(C(F)(F)F)cc(C(F)(F)F)c2)[C@H](c2ccccc2)[C@@H](c2ccccc2)[N]1S(=O)(=O)c1cc(C(F)(F)F)cc(C(F)(F)F)c1. The third-order valence-electron chi connectivity index (χ3n) is 8.36. The van der Waals surface area contributed by atoms with Crippen LogP contribution >= 0.6 is 0 Å². The van der Waals surface area contributed by atoms with E-state index in [2.05, 4.69) is 0 Å².